The van der Waals surface area contributed by atoms with E-state index in [4.69, 9.17) is 0 Å². The van der Waals surface area contributed by atoms with Crippen molar-refractivity contribution in [1.82, 2.24) is 10.6 Å². The highest BCUT2D eigenvalue weighted by molar-refractivity contribution is 8.14. The van der Waals surface area contributed by atoms with Crippen molar-refractivity contribution in [3.63, 3.8) is 0 Å². The fraction of sp³-hybridized carbons (Fsp3) is 0.739. The number of amides is 2. The van der Waals surface area contributed by atoms with Crippen LogP contribution in [-0.2, 0) is 19.2 Å². The highest BCUT2D eigenvalue weighted by Crippen LogP contribution is 2.47. The van der Waals surface area contributed by atoms with E-state index in [1.54, 1.807) is 6.08 Å². The molecule has 1 aliphatic carbocycles. The van der Waals surface area contributed by atoms with Gasteiger partial charge < -0.3 is 26.0 Å². The number of unbranched alkanes of at least 4 members (excludes halogenated alkanes) is 3. The number of allylic oxidation sites excluding steroid dienone is 1. The van der Waals surface area contributed by atoms with E-state index >= 15 is 0 Å². The lowest BCUT2D eigenvalue weighted by atomic mass is 9.68. The predicted molar refractivity (Wildman–Crippen MR) is 124 cm³/mol. The fourth-order valence-electron chi connectivity index (χ4n) is 4.83. The minimum atomic E-state index is -2.12. The second-order valence-electron chi connectivity index (χ2n) is 9.14. The maximum absolute atomic E-state index is 13.6. The summed E-state index contributed by atoms with van der Waals surface area (Å²) < 4.78 is 0. The smallest absolute Gasteiger partial charge is 0.337 e. The van der Waals surface area contributed by atoms with Gasteiger partial charge in [-0.05, 0) is 44.4 Å². The molecular formula is C23H36N2O7S. The zero-order valence-electron chi connectivity index (χ0n) is 19.5. The van der Waals surface area contributed by atoms with Crippen molar-refractivity contribution < 1.29 is 34.5 Å². The Morgan fingerprint density at radius 1 is 1.30 bits per heavy atom. The van der Waals surface area contributed by atoms with Crippen LogP contribution < -0.4 is 10.6 Å². The van der Waals surface area contributed by atoms with E-state index in [2.05, 4.69) is 17.6 Å². The first-order chi connectivity index (χ1) is 15.5. The molecular weight excluding hydrogens is 448 g/mol. The van der Waals surface area contributed by atoms with Gasteiger partial charge >= 0.3 is 5.97 Å². The molecule has 0 spiro atoms. The van der Waals surface area contributed by atoms with Crippen molar-refractivity contribution >= 4 is 34.7 Å². The summed E-state index contributed by atoms with van der Waals surface area (Å²) in [6.45, 7) is 4.54. The van der Waals surface area contributed by atoms with E-state index in [1.807, 2.05) is 6.08 Å². The minimum Gasteiger partial charge on any atom is -0.479 e. The van der Waals surface area contributed by atoms with Crippen LogP contribution in [0, 0.1) is 11.8 Å². The number of carboxylic acids is 1. The molecule has 6 atom stereocenters. The van der Waals surface area contributed by atoms with Crippen LogP contribution in [0.3, 0.4) is 0 Å². The summed E-state index contributed by atoms with van der Waals surface area (Å²) in [4.78, 5) is 49.7. The molecule has 2 unspecified atom stereocenters. The van der Waals surface area contributed by atoms with Crippen molar-refractivity contribution in [2.45, 2.75) is 94.8 Å². The van der Waals surface area contributed by atoms with Crippen LogP contribution in [0.1, 0.15) is 72.1 Å². The summed E-state index contributed by atoms with van der Waals surface area (Å²) in [7, 11) is 0. The molecule has 0 aromatic rings. The first-order valence-corrected chi connectivity index (χ1v) is 12.5. The number of aliphatic hydroxyl groups excluding tert-OH is 1. The predicted octanol–water partition coefficient (Wildman–Crippen LogP) is 1.72. The number of hydrogen-bond donors (Lipinski definition) is 5. The average molecular weight is 485 g/mol. The van der Waals surface area contributed by atoms with Gasteiger partial charge in [-0.1, -0.05) is 44.8 Å². The highest BCUT2D eigenvalue weighted by atomic mass is 32.2. The van der Waals surface area contributed by atoms with E-state index in [0.29, 0.717) is 19.3 Å². The first kappa shape index (κ1) is 27.3. The Kier molecular flexibility index (Phi) is 9.51. The number of rotatable bonds is 11. The number of hydrogen-bond acceptors (Lipinski definition) is 7. The summed E-state index contributed by atoms with van der Waals surface area (Å²) in [5.41, 5.74) is -4.09. The highest BCUT2D eigenvalue weighted by Gasteiger charge is 2.69. The third-order valence-electron chi connectivity index (χ3n) is 6.71. The molecule has 9 nitrogen and oxygen atoms in total. The molecule has 0 aromatic carbocycles. The lowest BCUT2D eigenvalue weighted by molar-refractivity contribution is -0.143. The molecule has 0 bridgehead atoms. The summed E-state index contributed by atoms with van der Waals surface area (Å²) in [6, 6.07) is 0. The monoisotopic (exact) mass is 484 g/mol. The fourth-order valence-corrected chi connectivity index (χ4v) is 5.93. The zero-order valence-corrected chi connectivity index (χ0v) is 20.3. The van der Waals surface area contributed by atoms with Gasteiger partial charge in [0, 0.05) is 12.8 Å². The summed E-state index contributed by atoms with van der Waals surface area (Å²) >= 11 is 0.279. The topological polar surface area (TPSA) is 153 Å². The van der Waals surface area contributed by atoms with E-state index < -0.39 is 57.4 Å². The standard InChI is InChI=1S/C23H36N2O7S/c1-4-5-6-10-13-16-18(28)25-23(22(16,3)32,17(27)15-11-8-7-9-12-15)21(31)33-19(20(29)30)24-14(2)26/h8,11,15-17,19,27,32H,4-7,9-10,12-13H2,1-3H3,(H,24,26)(H,25,28)(H,29,30)/t15-,16+,17?,19?,22+,23+/m1/s1. The number of aliphatic carboxylic acids is 1. The number of nitrogens with one attached hydrogen (secondary N) is 2. The number of carbonyl (C=O) groups is 4. The Labute approximate surface area is 198 Å². The Morgan fingerprint density at radius 2 is 2.00 bits per heavy atom. The van der Waals surface area contributed by atoms with E-state index in [-0.39, 0.29) is 11.8 Å². The molecule has 2 aliphatic rings. The van der Waals surface area contributed by atoms with Crippen LogP contribution >= 0.6 is 11.8 Å². The lowest BCUT2D eigenvalue weighted by Gasteiger charge is -2.45. The molecule has 0 aromatic heterocycles. The Hall–Kier alpha value is -1.91. The zero-order chi connectivity index (χ0) is 24.8. The van der Waals surface area contributed by atoms with Gasteiger partial charge in [0.05, 0.1) is 12.0 Å². The molecule has 0 radical (unpaired) electrons. The van der Waals surface area contributed by atoms with E-state index in [9.17, 15) is 34.5 Å². The second kappa shape index (κ2) is 11.5. The third kappa shape index (κ3) is 5.78. The average Bonchev–Trinajstić information content (AvgIpc) is 2.96. The van der Waals surface area contributed by atoms with Crippen molar-refractivity contribution in [2.75, 3.05) is 0 Å². The molecule has 1 heterocycles. The van der Waals surface area contributed by atoms with Crippen LogP contribution in [0.4, 0.5) is 0 Å². The van der Waals surface area contributed by atoms with Crippen LogP contribution in [0.15, 0.2) is 12.2 Å². The molecule has 186 valence electrons. The number of carboxylic acid groups (broad SMARTS) is 1. The maximum Gasteiger partial charge on any atom is 0.337 e. The lowest BCUT2D eigenvalue weighted by Crippen LogP contribution is -2.70. The molecule has 33 heavy (non-hydrogen) atoms. The van der Waals surface area contributed by atoms with Crippen molar-refractivity contribution in [2.24, 2.45) is 11.8 Å². The molecule has 2 rings (SSSR count). The molecule has 5 N–H and O–H groups in total. The van der Waals surface area contributed by atoms with Crippen molar-refractivity contribution in [1.29, 1.82) is 0 Å². The molecule has 2 amide bonds. The molecule has 1 fully saturated rings. The van der Waals surface area contributed by atoms with Gasteiger partial charge in [-0.3, -0.25) is 14.4 Å². The minimum absolute atomic E-state index is 0.279. The molecule has 0 saturated carbocycles. The summed E-state index contributed by atoms with van der Waals surface area (Å²) in [6.07, 6.45) is 8.18. The van der Waals surface area contributed by atoms with Crippen molar-refractivity contribution in [3.8, 4) is 0 Å². The van der Waals surface area contributed by atoms with Gasteiger partial charge in [0.2, 0.25) is 16.9 Å². The van der Waals surface area contributed by atoms with Gasteiger partial charge in [0.1, 0.15) is 5.60 Å². The SMILES string of the molecule is CCCCCC[C@H]1C(=O)N[C@](C(=O)SC(NC(C)=O)C(=O)O)(C(O)[C@@H]2C=CCCC2)[C@@]1(C)O. The van der Waals surface area contributed by atoms with Gasteiger partial charge in [0.15, 0.2) is 10.9 Å². The van der Waals surface area contributed by atoms with E-state index in [0.717, 1.165) is 39.0 Å². The number of aliphatic hydroxyl groups is 2. The van der Waals surface area contributed by atoms with Gasteiger partial charge in [-0.15, -0.1) is 0 Å². The maximum atomic E-state index is 13.6. The molecule has 1 saturated heterocycles. The normalized spacial score (nSPS) is 31.0. The van der Waals surface area contributed by atoms with Gasteiger partial charge in [-0.2, -0.15) is 0 Å². The van der Waals surface area contributed by atoms with Gasteiger partial charge in [0.25, 0.3) is 0 Å². The van der Waals surface area contributed by atoms with E-state index in [1.165, 1.54) is 6.92 Å². The quantitative estimate of drug-likeness (QED) is 0.169. The van der Waals surface area contributed by atoms with Crippen molar-refractivity contribution in [3.05, 3.63) is 12.2 Å². The molecule has 10 heteroatoms. The Bertz CT molecular complexity index is 785. The number of thioether (sulfide) groups is 1. The molecule has 1 aliphatic heterocycles. The second-order valence-corrected chi connectivity index (χ2v) is 10.2. The number of carbonyl (C=O) groups excluding carboxylic acids is 3. The van der Waals surface area contributed by atoms with Crippen LogP contribution in [0.25, 0.3) is 0 Å². The van der Waals surface area contributed by atoms with Crippen LogP contribution in [0.5, 0.6) is 0 Å². The largest absolute Gasteiger partial charge is 0.479 e. The summed E-state index contributed by atoms with van der Waals surface area (Å²) in [5, 5.41) is 34.8. The van der Waals surface area contributed by atoms with Gasteiger partial charge in [-0.25, -0.2) is 4.79 Å². The first-order valence-electron chi connectivity index (χ1n) is 11.6. The van der Waals surface area contributed by atoms with Crippen LogP contribution in [0.2, 0.25) is 0 Å². The Morgan fingerprint density at radius 3 is 2.55 bits per heavy atom. The van der Waals surface area contributed by atoms with Crippen LogP contribution in [-0.4, -0.2) is 60.8 Å². The third-order valence-corrected chi connectivity index (χ3v) is 7.80. The summed E-state index contributed by atoms with van der Waals surface area (Å²) in [5.74, 6) is -4.09. The Balaban J connectivity index is 2.44.